The number of aliphatic hydroxyl groups is 1. The minimum absolute atomic E-state index is 0.308. The number of aliphatic hydroxyl groups excluding tert-OH is 1. The molecule has 0 fully saturated rings. The smallest absolute Gasteiger partial charge is 0.0950 e. The van der Waals surface area contributed by atoms with E-state index in [2.05, 4.69) is 30.5 Å². The van der Waals surface area contributed by atoms with Crippen LogP contribution in [-0.4, -0.2) is 5.11 Å². The maximum absolute atomic E-state index is 10.5. The topological polar surface area (TPSA) is 20.2 Å². The van der Waals surface area contributed by atoms with Crippen LogP contribution >= 0.6 is 22.7 Å². The Morgan fingerprint density at radius 1 is 1.35 bits per heavy atom. The first-order valence-electron chi connectivity index (χ1n) is 6.06. The van der Waals surface area contributed by atoms with Crippen LogP contribution in [0.25, 0.3) is 0 Å². The number of aryl methyl sites for hydroxylation is 2. The SMILES string of the molecule is Cc1ccc(C(O)C2CCCc3sccc32)s1. The summed E-state index contributed by atoms with van der Waals surface area (Å²) in [4.78, 5) is 3.88. The molecule has 0 amide bonds. The van der Waals surface area contributed by atoms with Crippen LogP contribution in [0.4, 0.5) is 0 Å². The molecule has 1 N–H and O–H groups in total. The normalized spacial score (nSPS) is 21.2. The molecule has 2 aromatic heterocycles. The van der Waals surface area contributed by atoms with Crippen molar-refractivity contribution in [2.75, 3.05) is 0 Å². The molecule has 1 aliphatic rings. The number of fused-ring (bicyclic) bond motifs is 1. The van der Waals surface area contributed by atoms with Crippen molar-refractivity contribution in [3.05, 3.63) is 43.8 Å². The molecule has 2 aromatic rings. The van der Waals surface area contributed by atoms with Crippen LogP contribution in [0.1, 0.15) is 45.1 Å². The standard InChI is InChI=1S/C14H16OS2/c1-9-5-6-13(17-9)14(15)11-3-2-4-12-10(11)7-8-16-12/h5-8,11,14-15H,2-4H2,1H3. The molecule has 2 unspecified atom stereocenters. The average Bonchev–Trinajstić information content (AvgIpc) is 2.95. The van der Waals surface area contributed by atoms with Crippen molar-refractivity contribution in [2.45, 2.75) is 38.2 Å². The van der Waals surface area contributed by atoms with Gasteiger partial charge in [-0.3, -0.25) is 0 Å². The first-order valence-corrected chi connectivity index (χ1v) is 7.76. The molecular weight excluding hydrogens is 248 g/mol. The van der Waals surface area contributed by atoms with E-state index in [-0.39, 0.29) is 6.10 Å². The Morgan fingerprint density at radius 3 is 3.00 bits per heavy atom. The van der Waals surface area contributed by atoms with Gasteiger partial charge in [0.2, 0.25) is 0 Å². The lowest BCUT2D eigenvalue weighted by molar-refractivity contribution is 0.140. The Bertz CT molecular complexity index is 512. The second-order valence-electron chi connectivity index (χ2n) is 4.69. The molecule has 0 aromatic carbocycles. The molecule has 90 valence electrons. The Balaban J connectivity index is 1.91. The summed E-state index contributed by atoms with van der Waals surface area (Å²) < 4.78 is 0. The van der Waals surface area contributed by atoms with Crippen LogP contribution in [0.5, 0.6) is 0 Å². The van der Waals surface area contributed by atoms with Crippen molar-refractivity contribution in [2.24, 2.45) is 0 Å². The van der Waals surface area contributed by atoms with E-state index < -0.39 is 0 Å². The fraction of sp³-hybridized carbons (Fsp3) is 0.429. The van der Waals surface area contributed by atoms with Crippen LogP contribution in [0.3, 0.4) is 0 Å². The van der Waals surface area contributed by atoms with E-state index in [0.717, 1.165) is 11.3 Å². The summed E-state index contributed by atoms with van der Waals surface area (Å²) in [5, 5.41) is 12.7. The maximum atomic E-state index is 10.5. The summed E-state index contributed by atoms with van der Waals surface area (Å²) in [6.07, 6.45) is 3.20. The lowest BCUT2D eigenvalue weighted by Gasteiger charge is -2.26. The van der Waals surface area contributed by atoms with E-state index >= 15 is 0 Å². The molecule has 17 heavy (non-hydrogen) atoms. The lowest BCUT2D eigenvalue weighted by atomic mass is 9.83. The molecule has 3 rings (SSSR count). The molecule has 3 heteroatoms. The molecule has 2 atom stereocenters. The molecule has 0 saturated carbocycles. The summed E-state index contributed by atoms with van der Waals surface area (Å²) >= 11 is 3.56. The maximum Gasteiger partial charge on any atom is 0.0950 e. The predicted octanol–water partition coefficient (Wildman–Crippen LogP) is 4.27. The van der Waals surface area contributed by atoms with Crippen molar-refractivity contribution in [1.82, 2.24) is 0 Å². The summed E-state index contributed by atoms with van der Waals surface area (Å²) in [5.74, 6) is 0.308. The fourth-order valence-corrected chi connectivity index (χ4v) is 4.59. The number of thiophene rings is 2. The third-order valence-corrected chi connectivity index (χ3v) is 5.60. The molecule has 0 aliphatic heterocycles. The summed E-state index contributed by atoms with van der Waals surface area (Å²) in [6, 6.07) is 6.37. The second-order valence-corrected chi connectivity index (χ2v) is 7.01. The van der Waals surface area contributed by atoms with Crippen LogP contribution in [-0.2, 0) is 6.42 Å². The Morgan fingerprint density at radius 2 is 2.24 bits per heavy atom. The highest BCUT2D eigenvalue weighted by molar-refractivity contribution is 7.12. The fourth-order valence-electron chi connectivity index (χ4n) is 2.66. The van der Waals surface area contributed by atoms with Gasteiger partial charge in [-0.2, -0.15) is 0 Å². The molecular formula is C14H16OS2. The van der Waals surface area contributed by atoms with Crippen molar-refractivity contribution < 1.29 is 5.11 Å². The lowest BCUT2D eigenvalue weighted by Crippen LogP contribution is -2.14. The van der Waals surface area contributed by atoms with Crippen molar-refractivity contribution in [1.29, 1.82) is 0 Å². The average molecular weight is 264 g/mol. The van der Waals surface area contributed by atoms with Gasteiger partial charge in [-0.05, 0) is 55.3 Å². The summed E-state index contributed by atoms with van der Waals surface area (Å²) in [6.45, 7) is 2.10. The zero-order valence-corrected chi connectivity index (χ0v) is 11.5. The summed E-state index contributed by atoms with van der Waals surface area (Å²) in [7, 11) is 0. The molecule has 1 aliphatic carbocycles. The monoisotopic (exact) mass is 264 g/mol. The van der Waals surface area contributed by atoms with Gasteiger partial charge in [0.15, 0.2) is 0 Å². The van der Waals surface area contributed by atoms with Gasteiger partial charge in [-0.25, -0.2) is 0 Å². The highest BCUT2D eigenvalue weighted by Crippen LogP contribution is 2.43. The van der Waals surface area contributed by atoms with E-state index in [1.54, 1.807) is 11.3 Å². The number of hydrogen-bond acceptors (Lipinski definition) is 3. The van der Waals surface area contributed by atoms with Gasteiger partial charge in [0.1, 0.15) is 0 Å². The van der Waals surface area contributed by atoms with Crippen molar-refractivity contribution in [3.63, 3.8) is 0 Å². The minimum atomic E-state index is -0.317. The first-order chi connectivity index (χ1) is 8.25. The van der Waals surface area contributed by atoms with Gasteiger partial charge in [0.25, 0.3) is 0 Å². The molecule has 0 bridgehead atoms. The highest BCUT2D eigenvalue weighted by Gasteiger charge is 2.29. The van der Waals surface area contributed by atoms with E-state index in [4.69, 9.17) is 0 Å². The van der Waals surface area contributed by atoms with Gasteiger partial charge in [0.05, 0.1) is 6.10 Å². The molecule has 1 nitrogen and oxygen atoms in total. The largest absolute Gasteiger partial charge is 0.387 e. The van der Waals surface area contributed by atoms with E-state index in [0.29, 0.717) is 5.92 Å². The Labute approximate surface area is 110 Å². The zero-order chi connectivity index (χ0) is 11.8. The van der Waals surface area contributed by atoms with Crippen LogP contribution < -0.4 is 0 Å². The van der Waals surface area contributed by atoms with Crippen molar-refractivity contribution in [3.8, 4) is 0 Å². The third kappa shape index (κ3) is 2.07. The van der Waals surface area contributed by atoms with Gasteiger partial charge >= 0.3 is 0 Å². The van der Waals surface area contributed by atoms with Gasteiger partial charge in [0, 0.05) is 20.5 Å². The quantitative estimate of drug-likeness (QED) is 0.858. The van der Waals surface area contributed by atoms with Gasteiger partial charge < -0.3 is 5.11 Å². The van der Waals surface area contributed by atoms with Crippen LogP contribution in [0.2, 0.25) is 0 Å². The zero-order valence-electron chi connectivity index (χ0n) is 9.85. The molecule has 0 saturated heterocycles. The highest BCUT2D eigenvalue weighted by atomic mass is 32.1. The Hall–Kier alpha value is -0.640. The minimum Gasteiger partial charge on any atom is -0.387 e. The van der Waals surface area contributed by atoms with Gasteiger partial charge in [-0.1, -0.05) is 0 Å². The van der Waals surface area contributed by atoms with E-state index in [1.807, 2.05) is 11.3 Å². The van der Waals surface area contributed by atoms with E-state index in [9.17, 15) is 5.11 Å². The third-order valence-electron chi connectivity index (χ3n) is 3.53. The number of rotatable bonds is 2. The van der Waals surface area contributed by atoms with Gasteiger partial charge in [-0.15, -0.1) is 22.7 Å². The molecule has 0 radical (unpaired) electrons. The van der Waals surface area contributed by atoms with Crippen molar-refractivity contribution >= 4 is 22.7 Å². The second kappa shape index (κ2) is 4.56. The van der Waals surface area contributed by atoms with E-state index in [1.165, 1.54) is 28.2 Å². The summed E-state index contributed by atoms with van der Waals surface area (Å²) in [5.41, 5.74) is 1.39. The Kier molecular flexibility index (Phi) is 3.07. The van der Waals surface area contributed by atoms with Crippen LogP contribution in [0.15, 0.2) is 23.6 Å². The van der Waals surface area contributed by atoms with Crippen LogP contribution in [0, 0.1) is 6.92 Å². The molecule has 0 spiro atoms. The first kappa shape index (κ1) is 11.5. The number of hydrogen-bond donors (Lipinski definition) is 1. The molecule has 2 heterocycles. The predicted molar refractivity (Wildman–Crippen MR) is 74.0 cm³/mol.